The summed E-state index contributed by atoms with van der Waals surface area (Å²) in [5.74, 6) is 1.70. The predicted octanol–water partition coefficient (Wildman–Crippen LogP) is 5.37. The van der Waals surface area contributed by atoms with E-state index < -0.39 is 0 Å². The van der Waals surface area contributed by atoms with Crippen LogP contribution in [-0.4, -0.2) is 17.5 Å². The Labute approximate surface area is 144 Å². The Hall–Kier alpha value is -1.26. The normalized spacial score (nSPS) is 20.2. The molecule has 0 amide bonds. The fourth-order valence-corrected chi connectivity index (χ4v) is 3.34. The van der Waals surface area contributed by atoms with E-state index in [9.17, 15) is 0 Å². The molecule has 2 aromatic rings. The van der Waals surface area contributed by atoms with Crippen molar-refractivity contribution in [1.29, 1.82) is 0 Å². The summed E-state index contributed by atoms with van der Waals surface area (Å²) in [5.41, 5.74) is 2.07. The predicted molar refractivity (Wildman–Crippen MR) is 98.7 cm³/mol. The average Bonchev–Trinajstić information content (AvgIpc) is 3.24. The van der Waals surface area contributed by atoms with Gasteiger partial charge in [-0.25, -0.2) is 0 Å². The first-order valence-electron chi connectivity index (χ1n) is 8.58. The van der Waals surface area contributed by atoms with E-state index in [1.54, 1.807) is 11.8 Å². The highest BCUT2D eigenvalue weighted by molar-refractivity contribution is 7.98. The maximum Gasteiger partial charge on any atom is 0.167 e. The third kappa shape index (κ3) is 5.11. The van der Waals surface area contributed by atoms with Gasteiger partial charge in [-0.1, -0.05) is 38.1 Å². The fourth-order valence-electron chi connectivity index (χ4n) is 2.93. The van der Waals surface area contributed by atoms with Gasteiger partial charge < -0.3 is 9.84 Å². The topological polar surface area (TPSA) is 38.1 Å². The molecule has 2 atom stereocenters. The van der Waals surface area contributed by atoms with Crippen LogP contribution in [0.3, 0.4) is 0 Å². The highest BCUT2D eigenvalue weighted by Crippen LogP contribution is 2.26. The first-order valence-corrected chi connectivity index (χ1v) is 9.80. The van der Waals surface area contributed by atoms with E-state index >= 15 is 0 Å². The first kappa shape index (κ1) is 18.1. The zero-order chi connectivity index (χ0) is 16.7. The summed E-state index contributed by atoms with van der Waals surface area (Å²) in [4.78, 5) is 1.26. The summed E-state index contributed by atoms with van der Waals surface area (Å²) in [6, 6.07) is 11.1. The van der Waals surface area contributed by atoms with Crippen LogP contribution in [0.1, 0.15) is 45.7 Å². The smallest absolute Gasteiger partial charge is 0.167 e. The van der Waals surface area contributed by atoms with Crippen molar-refractivity contribution in [2.75, 3.05) is 6.26 Å². The minimum atomic E-state index is 0.640. The summed E-state index contributed by atoms with van der Waals surface area (Å²) in [5, 5.41) is 7.76. The van der Waals surface area contributed by atoms with Crippen molar-refractivity contribution >= 4 is 11.8 Å². The number of benzene rings is 1. The van der Waals surface area contributed by atoms with E-state index in [1.807, 2.05) is 19.9 Å². The number of thioether (sulfide) groups is 1. The van der Waals surface area contributed by atoms with Crippen LogP contribution >= 0.6 is 11.8 Å². The molecule has 2 unspecified atom stereocenters. The van der Waals surface area contributed by atoms with Crippen molar-refractivity contribution in [3.63, 3.8) is 0 Å². The fraction of sp³-hybridized carbons (Fsp3) is 0.526. The molecule has 1 aromatic carbocycles. The molecule has 1 heterocycles. The van der Waals surface area contributed by atoms with Gasteiger partial charge in [-0.15, -0.1) is 11.8 Å². The molecular weight excluding hydrogens is 304 g/mol. The Morgan fingerprint density at radius 2 is 1.96 bits per heavy atom. The van der Waals surface area contributed by atoms with Gasteiger partial charge in [0.05, 0.1) is 5.69 Å². The van der Waals surface area contributed by atoms with E-state index in [0.717, 1.165) is 29.5 Å². The molecular formula is C19H28N2OS. The van der Waals surface area contributed by atoms with Gasteiger partial charge in [0, 0.05) is 29.1 Å². The number of nitrogens with one attached hydrogen (secondary N) is 1. The minimum absolute atomic E-state index is 0.640. The first-order chi connectivity index (χ1) is 11.2. The van der Waals surface area contributed by atoms with Crippen LogP contribution in [0.25, 0.3) is 11.3 Å². The molecule has 3 rings (SSSR count). The number of aromatic nitrogens is 1. The maximum atomic E-state index is 5.46. The third-order valence-corrected chi connectivity index (χ3v) is 4.94. The van der Waals surface area contributed by atoms with Crippen molar-refractivity contribution < 1.29 is 4.52 Å². The zero-order valence-corrected chi connectivity index (χ0v) is 15.5. The Bertz CT molecular complexity index is 579. The van der Waals surface area contributed by atoms with Crippen LogP contribution < -0.4 is 5.32 Å². The lowest BCUT2D eigenvalue weighted by Crippen LogP contribution is -2.25. The van der Waals surface area contributed by atoms with Crippen molar-refractivity contribution in [3.8, 4) is 11.3 Å². The molecule has 1 saturated carbocycles. The lowest BCUT2D eigenvalue weighted by Gasteiger charge is -2.10. The Morgan fingerprint density at radius 3 is 2.57 bits per heavy atom. The van der Waals surface area contributed by atoms with E-state index in [-0.39, 0.29) is 0 Å². The lowest BCUT2D eigenvalue weighted by atomic mass is 10.1. The molecule has 0 bridgehead atoms. The van der Waals surface area contributed by atoms with Crippen LogP contribution in [0.5, 0.6) is 0 Å². The summed E-state index contributed by atoms with van der Waals surface area (Å²) in [6.45, 7) is 7.12. The molecule has 0 spiro atoms. The van der Waals surface area contributed by atoms with Gasteiger partial charge in [-0.05, 0) is 43.6 Å². The van der Waals surface area contributed by atoms with Crippen LogP contribution in [0, 0.1) is 5.92 Å². The van der Waals surface area contributed by atoms with Gasteiger partial charge in [-0.3, -0.25) is 0 Å². The number of nitrogens with zero attached hydrogens (tertiary/aromatic N) is 1. The highest BCUT2D eigenvalue weighted by Gasteiger charge is 2.20. The maximum absolute atomic E-state index is 5.46. The van der Waals surface area contributed by atoms with E-state index in [0.29, 0.717) is 6.04 Å². The number of rotatable bonds is 5. The van der Waals surface area contributed by atoms with Crippen LogP contribution in [0.2, 0.25) is 0 Å². The van der Waals surface area contributed by atoms with Gasteiger partial charge >= 0.3 is 0 Å². The van der Waals surface area contributed by atoms with E-state index in [4.69, 9.17) is 4.52 Å². The molecule has 0 radical (unpaired) electrons. The molecule has 126 valence electrons. The Morgan fingerprint density at radius 1 is 1.22 bits per heavy atom. The lowest BCUT2D eigenvalue weighted by molar-refractivity contribution is 0.413. The minimum Gasteiger partial charge on any atom is -0.356 e. The molecule has 1 aromatic heterocycles. The van der Waals surface area contributed by atoms with Gasteiger partial charge in [0.1, 0.15) is 0 Å². The summed E-state index contributed by atoms with van der Waals surface area (Å²) >= 11 is 1.74. The third-order valence-electron chi connectivity index (χ3n) is 4.20. The van der Waals surface area contributed by atoms with Crippen molar-refractivity contribution in [1.82, 2.24) is 10.5 Å². The molecule has 0 saturated heterocycles. The van der Waals surface area contributed by atoms with Crippen molar-refractivity contribution in [2.45, 2.75) is 57.5 Å². The van der Waals surface area contributed by atoms with Gasteiger partial charge in [0.2, 0.25) is 0 Å². The monoisotopic (exact) mass is 332 g/mol. The van der Waals surface area contributed by atoms with E-state index in [2.05, 4.69) is 47.9 Å². The SMILES string of the molecule is CC.CSc1ccc(-c2cc(CNC3CCC(C)C3)no2)cc1. The highest BCUT2D eigenvalue weighted by atomic mass is 32.2. The molecule has 0 aliphatic heterocycles. The van der Waals surface area contributed by atoms with Crippen molar-refractivity contribution in [3.05, 3.63) is 36.0 Å². The second-order valence-electron chi connectivity index (χ2n) is 5.91. The Kier molecular flexibility index (Phi) is 7.18. The van der Waals surface area contributed by atoms with Gasteiger partial charge in [0.15, 0.2) is 5.76 Å². The summed E-state index contributed by atoms with van der Waals surface area (Å²) < 4.78 is 5.46. The molecule has 4 heteroatoms. The average molecular weight is 333 g/mol. The second kappa shape index (κ2) is 9.14. The van der Waals surface area contributed by atoms with Crippen LogP contribution in [0.4, 0.5) is 0 Å². The molecule has 23 heavy (non-hydrogen) atoms. The standard InChI is InChI=1S/C17H22N2OS.C2H6/c1-12-3-6-14(9-12)18-11-15-10-17(20-19-15)13-4-7-16(21-2)8-5-13;1-2/h4-5,7-8,10,12,14,18H,3,6,9,11H2,1-2H3;1-2H3. The zero-order valence-electron chi connectivity index (χ0n) is 14.6. The van der Waals surface area contributed by atoms with Crippen LogP contribution in [-0.2, 0) is 6.54 Å². The molecule has 1 aliphatic rings. The summed E-state index contributed by atoms with van der Waals surface area (Å²) in [6.07, 6.45) is 5.98. The van der Waals surface area contributed by atoms with Crippen molar-refractivity contribution in [2.24, 2.45) is 5.92 Å². The molecule has 1 N–H and O–H groups in total. The summed E-state index contributed by atoms with van der Waals surface area (Å²) in [7, 11) is 0. The van der Waals surface area contributed by atoms with E-state index in [1.165, 1.54) is 24.2 Å². The molecule has 1 fully saturated rings. The number of hydrogen-bond acceptors (Lipinski definition) is 4. The van der Waals surface area contributed by atoms with Crippen LogP contribution in [0.15, 0.2) is 39.8 Å². The second-order valence-corrected chi connectivity index (χ2v) is 6.79. The largest absolute Gasteiger partial charge is 0.356 e. The quantitative estimate of drug-likeness (QED) is 0.747. The van der Waals surface area contributed by atoms with Gasteiger partial charge in [0.25, 0.3) is 0 Å². The van der Waals surface area contributed by atoms with Gasteiger partial charge in [-0.2, -0.15) is 0 Å². The molecule has 3 nitrogen and oxygen atoms in total. The molecule has 1 aliphatic carbocycles. The Balaban J connectivity index is 0.000000924. The number of hydrogen-bond donors (Lipinski definition) is 1.